The van der Waals surface area contributed by atoms with Crippen molar-refractivity contribution in [1.82, 2.24) is 4.98 Å². The van der Waals surface area contributed by atoms with Gasteiger partial charge in [-0.05, 0) is 47.1 Å². The van der Waals surface area contributed by atoms with Crippen LogP contribution in [0.4, 0.5) is 0 Å². The third kappa shape index (κ3) is 3.40. The molecule has 0 bridgehead atoms. The van der Waals surface area contributed by atoms with Crippen molar-refractivity contribution in [1.29, 1.82) is 0 Å². The lowest BCUT2D eigenvalue weighted by atomic mass is 10.3. The molecule has 0 fully saturated rings. The quantitative estimate of drug-likeness (QED) is 0.623. The van der Waals surface area contributed by atoms with E-state index in [2.05, 4.69) is 20.9 Å². The summed E-state index contributed by atoms with van der Waals surface area (Å²) in [5.41, 5.74) is 0. The molecule has 2 heterocycles. The molecule has 17 heavy (non-hydrogen) atoms. The number of thiophene rings is 1. The molecule has 0 spiro atoms. The minimum absolute atomic E-state index is 0.158. The maximum absolute atomic E-state index is 11.9. The van der Waals surface area contributed by atoms with Crippen LogP contribution in [0.15, 0.2) is 40.0 Å². The molecule has 0 amide bonds. The Hall–Kier alpha value is -0.650. The molecule has 0 aliphatic carbocycles. The van der Waals surface area contributed by atoms with Gasteiger partial charge in [0.05, 0.1) is 10.6 Å². The Kier molecular flexibility index (Phi) is 4.36. The second-order valence-corrected chi connectivity index (χ2v) is 6.52. The first kappa shape index (κ1) is 12.8. The lowest BCUT2D eigenvalue weighted by Crippen LogP contribution is -1.99. The highest BCUT2D eigenvalue weighted by Crippen LogP contribution is 2.26. The average molecular weight is 328 g/mol. The maximum Gasteiger partial charge on any atom is 0.183 e. The summed E-state index contributed by atoms with van der Waals surface area (Å²) in [4.78, 5) is 18.1. The molecule has 0 aliphatic heterocycles. The first-order valence-corrected chi connectivity index (χ1v) is 7.59. The molecule has 2 rings (SSSR count). The number of hydrogen-bond donors (Lipinski definition) is 0. The predicted molar refractivity (Wildman–Crippen MR) is 76.0 cm³/mol. The molecule has 0 N–H and O–H groups in total. The zero-order valence-electron chi connectivity index (χ0n) is 9.14. The normalized spacial score (nSPS) is 10.5. The van der Waals surface area contributed by atoms with Crippen LogP contribution in [-0.2, 0) is 0 Å². The van der Waals surface area contributed by atoms with Gasteiger partial charge in [-0.25, -0.2) is 4.98 Å². The number of carbonyl (C=O) groups is 1. The average Bonchev–Trinajstić information content (AvgIpc) is 2.74. The standard InChI is InChI=1S/C12H10BrNOS2/c1-8-4-5-11(17-8)10(15)7-16-12-9(13)3-2-6-14-12/h2-6H,7H2,1H3. The third-order valence-corrected chi connectivity index (χ3v) is 5.03. The van der Waals surface area contributed by atoms with Crippen LogP contribution in [0.5, 0.6) is 0 Å². The van der Waals surface area contributed by atoms with Gasteiger partial charge in [-0.3, -0.25) is 4.79 Å². The molecule has 0 aliphatic rings. The van der Waals surface area contributed by atoms with E-state index in [9.17, 15) is 4.79 Å². The largest absolute Gasteiger partial charge is 0.292 e. The molecule has 0 unspecified atom stereocenters. The fraction of sp³-hybridized carbons (Fsp3) is 0.167. The topological polar surface area (TPSA) is 30.0 Å². The number of hydrogen-bond acceptors (Lipinski definition) is 4. The Morgan fingerprint density at radius 3 is 2.94 bits per heavy atom. The van der Waals surface area contributed by atoms with E-state index in [0.29, 0.717) is 5.75 Å². The number of thioether (sulfide) groups is 1. The van der Waals surface area contributed by atoms with Crippen LogP contribution in [0.1, 0.15) is 14.5 Å². The van der Waals surface area contributed by atoms with Crippen LogP contribution in [-0.4, -0.2) is 16.5 Å². The first-order chi connectivity index (χ1) is 8.16. The molecule has 0 saturated heterocycles. The minimum Gasteiger partial charge on any atom is -0.292 e. The summed E-state index contributed by atoms with van der Waals surface area (Å²) in [7, 11) is 0. The van der Waals surface area contributed by atoms with Crippen LogP contribution in [0.2, 0.25) is 0 Å². The fourth-order valence-corrected chi connectivity index (χ4v) is 3.53. The van der Waals surface area contributed by atoms with Gasteiger partial charge >= 0.3 is 0 Å². The summed E-state index contributed by atoms with van der Waals surface area (Å²) >= 11 is 6.41. The van der Waals surface area contributed by atoms with Gasteiger partial charge < -0.3 is 0 Å². The van der Waals surface area contributed by atoms with Crippen LogP contribution in [0, 0.1) is 6.92 Å². The lowest BCUT2D eigenvalue weighted by Gasteiger charge is -2.01. The molecular formula is C12H10BrNOS2. The van der Waals surface area contributed by atoms with Crippen LogP contribution in [0.3, 0.4) is 0 Å². The monoisotopic (exact) mass is 327 g/mol. The fourth-order valence-electron chi connectivity index (χ4n) is 1.27. The SMILES string of the molecule is Cc1ccc(C(=O)CSc2ncccc2Br)s1. The molecule has 0 aromatic carbocycles. The van der Waals surface area contributed by atoms with E-state index in [1.807, 2.05) is 31.2 Å². The predicted octanol–water partition coefficient (Wildman–Crippen LogP) is 4.19. The Morgan fingerprint density at radius 1 is 1.47 bits per heavy atom. The number of pyridine rings is 1. The van der Waals surface area contributed by atoms with E-state index in [1.54, 1.807) is 17.5 Å². The Bertz CT molecular complexity index is 539. The lowest BCUT2D eigenvalue weighted by molar-refractivity contribution is 0.102. The highest BCUT2D eigenvalue weighted by Gasteiger charge is 2.10. The smallest absolute Gasteiger partial charge is 0.183 e. The van der Waals surface area contributed by atoms with E-state index in [0.717, 1.165) is 19.3 Å². The number of Topliss-reactive ketones (excluding diaryl/α,β-unsaturated/α-hetero) is 1. The summed E-state index contributed by atoms with van der Waals surface area (Å²) in [6, 6.07) is 7.64. The van der Waals surface area contributed by atoms with E-state index in [1.165, 1.54) is 11.8 Å². The Balaban J connectivity index is 1.99. The van der Waals surface area contributed by atoms with E-state index < -0.39 is 0 Å². The first-order valence-electron chi connectivity index (χ1n) is 5.00. The highest BCUT2D eigenvalue weighted by molar-refractivity contribution is 9.10. The van der Waals surface area contributed by atoms with Crippen molar-refractivity contribution in [3.8, 4) is 0 Å². The van der Waals surface area contributed by atoms with Gasteiger partial charge in [-0.1, -0.05) is 11.8 Å². The summed E-state index contributed by atoms with van der Waals surface area (Å²) in [6.07, 6.45) is 1.73. The van der Waals surface area contributed by atoms with Gasteiger partial charge in [0.15, 0.2) is 5.78 Å². The number of carbonyl (C=O) groups excluding carboxylic acids is 1. The summed E-state index contributed by atoms with van der Waals surface area (Å²) in [5, 5.41) is 0.856. The zero-order valence-corrected chi connectivity index (χ0v) is 12.4. The van der Waals surface area contributed by atoms with Crippen molar-refractivity contribution in [3.63, 3.8) is 0 Å². The van der Waals surface area contributed by atoms with Crippen molar-refractivity contribution in [2.45, 2.75) is 11.9 Å². The number of aromatic nitrogens is 1. The Morgan fingerprint density at radius 2 is 2.29 bits per heavy atom. The zero-order chi connectivity index (χ0) is 12.3. The van der Waals surface area contributed by atoms with Crippen molar-refractivity contribution in [2.75, 3.05) is 5.75 Å². The second kappa shape index (κ2) is 5.80. The van der Waals surface area contributed by atoms with Gasteiger partial charge in [0, 0.05) is 15.5 Å². The van der Waals surface area contributed by atoms with Crippen LogP contribution in [0.25, 0.3) is 0 Å². The van der Waals surface area contributed by atoms with Crippen LogP contribution < -0.4 is 0 Å². The van der Waals surface area contributed by atoms with Crippen molar-refractivity contribution >= 4 is 44.8 Å². The van der Waals surface area contributed by atoms with E-state index in [-0.39, 0.29) is 5.78 Å². The molecule has 2 aromatic heterocycles. The molecular weight excluding hydrogens is 318 g/mol. The minimum atomic E-state index is 0.158. The summed E-state index contributed by atoms with van der Waals surface area (Å²) in [6.45, 7) is 2.00. The van der Waals surface area contributed by atoms with Crippen molar-refractivity contribution in [2.24, 2.45) is 0 Å². The molecule has 5 heteroatoms. The van der Waals surface area contributed by atoms with Gasteiger partial charge in [0.1, 0.15) is 5.03 Å². The van der Waals surface area contributed by atoms with Crippen LogP contribution >= 0.6 is 39.0 Å². The van der Waals surface area contributed by atoms with Gasteiger partial charge in [0.25, 0.3) is 0 Å². The molecule has 2 nitrogen and oxygen atoms in total. The maximum atomic E-state index is 11.9. The second-order valence-electron chi connectivity index (χ2n) is 3.41. The number of rotatable bonds is 4. The van der Waals surface area contributed by atoms with Crippen molar-refractivity contribution < 1.29 is 4.79 Å². The number of aryl methyl sites for hydroxylation is 1. The molecule has 0 atom stereocenters. The molecule has 0 radical (unpaired) electrons. The van der Waals surface area contributed by atoms with Gasteiger partial charge in [-0.2, -0.15) is 0 Å². The Labute approximate surface area is 117 Å². The number of ketones is 1. The number of nitrogens with zero attached hydrogens (tertiary/aromatic N) is 1. The number of halogens is 1. The molecule has 88 valence electrons. The van der Waals surface area contributed by atoms with Gasteiger partial charge in [-0.15, -0.1) is 11.3 Å². The van der Waals surface area contributed by atoms with Gasteiger partial charge in [0.2, 0.25) is 0 Å². The third-order valence-electron chi connectivity index (χ3n) is 2.08. The summed E-state index contributed by atoms with van der Waals surface area (Å²) in [5.74, 6) is 0.584. The molecule has 0 saturated carbocycles. The molecule has 2 aromatic rings. The summed E-state index contributed by atoms with van der Waals surface area (Å²) < 4.78 is 0.931. The van der Waals surface area contributed by atoms with Crippen molar-refractivity contribution in [3.05, 3.63) is 44.7 Å². The van der Waals surface area contributed by atoms with E-state index in [4.69, 9.17) is 0 Å². The highest BCUT2D eigenvalue weighted by atomic mass is 79.9. The van der Waals surface area contributed by atoms with E-state index >= 15 is 0 Å².